The molecule has 0 aliphatic heterocycles. The van der Waals surface area contributed by atoms with Gasteiger partial charge in [-0.25, -0.2) is 4.98 Å². The van der Waals surface area contributed by atoms with E-state index in [2.05, 4.69) is 9.97 Å². The Bertz CT molecular complexity index is 393. The first-order valence-corrected chi connectivity index (χ1v) is 4.36. The van der Waals surface area contributed by atoms with Crippen LogP contribution in [0.1, 0.15) is 19.5 Å². The largest absolute Gasteiger partial charge is 0.358 e. The number of halogens is 1. The van der Waals surface area contributed by atoms with E-state index in [1.54, 1.807) is 0 Å². The normalized spacial score (nSPS) is 9.54. The van der Waals surface area contributed by atoms with E-state index in [0.29, 0.717) is 0 Å². The van der Waals surface area contributed by atoms with E-state index >= 15 is 0 Å². The second-order valence-corrected chi connectivity index (χ2v) is 2.55. The highest BCUT2D eigenvalue weighted by atomic mass is 19.1. The predicted octanol–water partition coefficient (Wildman–Crippen LogP) is 3.04. The summed E-state index contributed by atoms with van der Waals surface area (Å²) in [6, 6.07) is 3.32. The van der Waals surface area contributed by atoms with Gasteiger partial charge in [0.05, 0.1) is 5.52 Å². The molecule has 2 rings (SSSR count). The quantitative estimate of drug-likeness (QED) is 0.620. The molecule has 0 radical (unpaired) electrons. The third-order valence-corrected chi connectivity index (χ3v) is 1.61. The van der Waals surface area contributed by atoms with E-state index < -0.39 is 5.95 Å². The predicted molar refractivity (Wildman–Crippen MR) is 52.1 cm³/mol. The highest BCUT2D eigenvalue weighted by Crippen LogP contribution is 2.13. The summed E-state index contributed by atoms with van der Waals surface area (Å²) in [5.41, 5.74) is 1.82. The molecule has 2 nitrogen and oxygen atoms in total. The Morgan fingerprint density at radius 1 is 1.31 bits per heavy atom. The zero-order chi connectivity index (χ0) is 9.84. The Hall–Kier alpha value is -1.38. The fourth-order valence-electron chi connectivity index (χ4n) is 1.15. The van der Waals surface area contributed by atoms with Gasteiger partial charge in [-0.05, 0) is 13.0 Å². The highest BCUT2D eigenvalue weighted by molar-refractivity contribution is 5.79. The van der Waals surface area contributed by atoms with Crippen LogP contribution in [0.25, 0.3) is 10.9 Å². The first-order valence-electron chi connectivity index (χ1n) is 4.36. The van der Waals surface area contributed by atoms with Crippen molar-refractivity contribution in [2.24, 2.45) is 0 Å². The van der Waals surface area contributed by atoms with Crippen molar-refractivity contribution in [1.82, 2.24) is 9.97 Å². The lowest BCUT2D eigenvalue weighted by Crippen LogP contribution is -1.79. The van der Waals surface area contributed by atoms with E-state index in [1.165, 1.54) is 12.3 Å². The smallest absolute Gasteiger partial charge is 0.214 e. The number of pyridine rings is 1. The fraction of sp³-hybridized carbons (Fsp3) is 0.300. The van der Waals surface area contributed by atoms with E-state index in [-0.39, 0.29) is 0 Å². The molecule has 3 heteroatoms. The van der Waals surface area contributed by atoms with Crippen molar-refractivity contribution < 1.29 is 4.39 Å². The Labute approximate surface area is 76.8 Å². The van der Waals surface area contributed by atoms with Crippen LogP contribution in [0, 0.1) is 12.9 Å². The average molecular weight is 180 g/mol. The Kier molecular flexibility index (Phi) is 3.01. The Morgan fingerprint density at radius 2 is 2.00 bits per heavy atom. The number of hydrogen-bond donors (Lipinski definition) is 1. The lowest BCUT2D eigenvalue weighted by molar-refractivity contribution is 0.586. The van der Waals surface area contributed by atoms with Crippen LogP contribution in [0.2, 0.25) is 0 Å². The van der Waals surface area contributed by atoms with Crippen molar-refractivity contribution in [3.05, 3.63) is 30.0 Å². The molecule has 2 aromatic rings. The Morgan fingerprint density at radius 3 is 2.69 bits per heavy atom. The fourth-order valence-corrected chi connectivity index (χ4v) is 1.15. The lowest BCUT2D eigenvalue weighted by Gasteiger charge is -1.87. The summed E-state index contributed by atoms with van der Waals surface area (Å²) in [6.45, 7) is 5.93. The van der Waals surface area contributed by atoms with Gasteiger partial charge in [0.15, 0.2) is 0 Å². The van der Waals surface area contributed by atoms with Gasteiger partial charge in [0.25, 0.3) is 0 Å². The van der Waals surface area contributed by atoms with Crippen LogP contribution in [0.5, 0.6) is 0 Å². The second-order valence-electron chi connectivity index (χ2n) is 2.55. The third kappa shape index (κ3) is 2.05. The molecule has 0 aliphatic rings. The summed E-state index contributed by atoms with van der Waals surface area (Å²) in [7, 11) is 0. The van der Waals surface area contributed by atoms with Crippen molar-refractivity contribution in [3.63, 3.8) is 0 Å². The van der Waals surface area contributed by atoms with Crippen molar-refractivity contribution >= 4 is 10.9 Å². The maximum absolute atomic E-state index is 12.5. The molecule has 0 saturated heterocycles. The Balaban J connectivity index is 0.000000396. The summed E-state index contributed by atoms with van der Waals surface area (Å²) in [5, 5.41) is 0.948. The average Bonchev–Trinajstić information content (AvgIpc) is 2.48. The summed E-state index contributed by atoms with van der Waals surface area (Å²) in [6.07, 6.45) is 1.52. The molecule has 0 fully saturated rings. The number of hydrogen-bond acceptors (Lipinski definition) is 1. The molecule has 2 aromatic heterocycles. The molecule has 0 aromatic carbocycles. The molecular formula is C10H13FN2. The van der Waals surface area contributed by atoms with Gasteiger partial charge >= 0.3 is 0 Å². The standard InChI is InChI=1S/C8H7FN2.C2H6/c1-5-2-6-4-10-8(9)3-7(6)11-5;1-2/h2-4,11H,1H3;1-2H3. The monoisotopic (exact) mass is 180 g/mol. The highest BCUT2D eigenvalue weighted by Gasteiger charge is 1.98. The van der Waals surface area contributed by atoms with Crippen LogP contribution in [0.4, 0.5) is 4.39 Å². The maximum Gasteiger partial charge on any atom is 0.214 e. The van der Waals surface area contributed by atoms with E-state index in [9.17, 15) is 4.39 Å². The molecule has 70 valence electrons. The second kappa shape index (κ2) is 4.03. The number of fused-ring (bicyclic) bond motifs is 1. The lowest BCUT2D eigenvalue weighted by atomic mass is 10.3. The summed E-state index contributed by atoms with van der Waals surface area (Å²) < 4.78 is 12.5. The number of aryl methyl sites for hydroxylation is 1. The minimum absolute atomic E-state index is 0.445. The molecule has 1 N–H and O–H groups in total. The number of rotatable bonds is 0. The maximum atomic E-state index is 12.5. The van der Waals surface area contributed by atoms with Gasteiger partial charge in [-0.15, -0.1) is 0 Å². The molecule has 0 unspecified atom stereocenters. The van der Waals surface area contributed by atoms with E-state index in [0.717, 1.165) is 16.6 Å². The van der Waals surface area contributed by atoms with Gasteiger partial charge < -0.3 is 4.98 Å². The van der Waals surface area contributed by atoms with Gasteiger partial charge in [0.2, 0.25) is 5.95 Å². The number of nitrogens with zero attached hydrogens (tertiary/aromatic N) is 1. The third-order valence-electron chi connectivity index (χ3n) is 1.61. The van der Waals surface area contributed by atoms with Gasteiger partial charge in [0.1, 0.15) is 0 Å². The van der Waals surface area contributed by atoms with Crippen molar-refractivity contribution in [2.45, 2.75) is 20.8 Å². The van der Waals surface area contributed by atoms with Crippen LogP contribution >= 0.6 is 0 Å². The summed E-state index contributed by atoms with van der Waals surface area (Å²) in [5.74, 6) is -0.445. The van der Waals surface area contributed by atoms with Crippen LogP contribution in [0.15, 0.2) is 18.3 Å². The summed E-state index contributed by atoms with van der Waals surface area (Å²) in [4.78, 5) is 6.55. The minimum Gasteiger partial charge on any atom is -0.358 e. The summed E-state index contributed by atoms with van der Waals surface area (Å²) >= 11 is 0. The first kappa shape index (κ1) is 9.71. The van der Waals surface area contributed by atoms with Crippen LogP contribution in [-0.2, 0) is 0 Å². The molecule has 13 heavy (non-hydrogen) atoms. The van der Waals surface area contributed by atoms with Crippen molar-refractivity contribution in [1.29, 1.82) is 0 Å². The van der Waals surface area contributed by atoms with E-state index in [4.69, 9.17) is 0 Å². The number of nitrogens with one attached hydrogen (secondary N) is 1. The molecule has 0 bridgehead atoms. The zero-order valence-electron chi connectivity index (χ0n) is 8.06. The van der Waals surface area contributed by atoms with Gasteiger partial charge in [0, 0.05) is 23.3 Å². The van der Waals surface area contributed by atoms with Crippen molar-refractivity contribution in [2.75, 3.05) is 0 Å². The van der Waals surface area contributed by atoms with Crippen LogP contribution in [-0.4, -0.2) is 9.97 Å². The topological polar surface area (TPSA) is 28.7 Å². The number of H-pyrrole nitrogens is 1. The molecule has 0 atom stereocenters. The van der Waals surface area contributed by atoms with Crippen LogP contribution < -0.4 is 0 Å². The molecule has 0 aliphatic carbocycles. The molecule has 0 amide bonds. The SMILES string of the molecule is CC.Cc1cc2cnc(F)cc2[nH]1. The van der Waals surface area contributed by atoms with Gasteiger partial charge in [-0.1, -0.05) is 13.8 Å². The van der Waals surface area contributed by atoms with Crippen LogP contribution in [0.3, 0.4) is 0 Å². The minimum atomic E-state index is -0.445. The van der Waals surface area contributed by atoms with Gasteiger partial charge in [-0.3, -0.25) is 0 Å². The van der Waals surface area contributed by atoms with Crippen molar-refractivity contribution in [3.8, 4) is 0 Å². The number of aromatic amines is 1. The molecular weight excluding hydrogens is 167 g/mol. The molecule has 0 saturated carbocycles. The molecule has 2 heterocycles. The van der Waals surface area contributed by atoms with Gasteiger partial charge in [-0.2, -0.15) is 4.39 Å². The zero-order valence-corrected chi connectivity index (χ0v) is 8.06. The number of aromatic nitrogens is 2. The molecule has 0 spiro atoms. The first-order chi connectivity index (χ1) is 6.25. The van der Waals surface area contributed by atoms with E-state index in [1.807, 2.05) is 26.8 Å².